The van der Waals surface area contributed by atoms with Crippen molar-refractivity contribution in [1.29, 1.82) is 0 Å². The van der Waals surface area contributed by atoms with Gasteiger partial charge in [-0.1, -0.05) is 0 Å². The van der Waals surface area contributed by atoms with Crippen molar-refractivity contribution in [1.82, 2.24) is 24.6 Å². The molecule has 130 valence electrons. The Hall–Kier alpha value is -3.16. The molecule has 2 N–H and O–H groups in total. The predicted molar refractivity (Wildman–Crippen MR) is 93.6 cm³/mol. The monoisotopic (exact) mass is 341 g/mol. The van der Waals surface area contributed by atoms with Crippen LogP contribution >= 0.6 is 0 Å². The Labute approximate surface area is 143 Å². The maximum Gasteiger partial charge on any atom is 0.328 e. The van der Waals surface area contributed by atoms with Crippen LogP contribution in [-0.2, 0) is 20.1 Å². The fourth-order valence-electron chi connectivity index (χ4n) is 2.78. The predicted octanol–water partition coefficient (Wildman–Crippen LogP) is 0.682. The topological polar surface area (TPSA) is 102 Å². The Morgan fingerprint density at radius 3 is 2.72 bits per heavy atom. The highest BCUT2D eigenvalue weighted by atomic mass is 16.2. The molecule has 0 aliphatic heterocycles. The summed E-state index contributed by atoms with van der Waals surface area (Å²) in [6, 6.07) is 4.65. The van der Waals surface area contributed by atoms with E-state index >= 15 is 0 Å². The third kappa shape index (κ3) is 3.10. The van der Waals surface area contributed by atoms with Crippen LogP contribution in [0.15, 0.2) is 34.0 Å². The summed E-state index contributed by atoms with van der Waals surface area (Å²) in [4.78, 5) is 39.2. The first kappa shape index (κ1) is 16.7. The Morgan fingerprint density at radius 1 is 1.32 bits per heavy atom. The number of rotatable bonds is 4. The van der Waals surface area contributed by atoms with Gasteiger partial charge in [-0.2, -0.15) is 5.10 Å². The second-order valence-electron chi connectivity index (χ2n) is 5.84. The van der Waals surface area contributed by atoms with Crippen molar-refractivity contribution >= 4 is 16.8 Å². The van der Waals surface area contributed by atoms with Crippen molar-refractivity contribution in [3.63, 3.8) is 0 Å². The quantitative estimate of drug-likeness (QED) is 0.728. The largest absolute Gasteiger partial charge is 0.348 e. The molecule has 3 rings (SSSR count). The van der Waals surface area contributed by atoms with Crippen molar-refractivity contribution in [2.45, 2.75) is 26.9 Å². The highest BCUT2D eigenvalue weighted by Crippen LogP contribution is 2.10. The molecule has 0 atom stereocenters. The first-order chi connectivity index (χ1) is 11.9. The molecule has 2 heterocycles. The fraction of sp³-hybridized carbons (Fsp3) is 0.294. The number of benzene rings is 1. The summed E-state index contributed by atoms with van der Waals surface area (Å²) in [7, 11) is 1.82. The minimum Gasteiger partial charge on any atom is -0.348 e. The molecule has 0 unspecified atom stereocenters. The van der Waals surface area contributed by atoms with Crippen molar-refractivity contribution in [2.75, 3.05) is 0 Å². The Morgan fingerprint density at radius 2 is 2.08 bits per heavy atom. The molecule has 0 saturated heterocycles. The maximum absolute atomic E-state index is 12.4. The summed E-state index contributed by atoms with van der Waals surface area (Å²) in [5.41, 5.74) is 1.66. The number of aromatic nitrogens is 4. The number of aryl methyl sites for hydroxylation is 2. The van der Waals surface area contributed by atoms with Crippen molar-refractivity contribution in [2.24, 2.45) is 7.05 Å². The van der Waals surface area contributed by atoms with E-state index in [1.807, 2.05) is 20.2 Å². The van der Waals surface area contributed by atoms with Gasteiger partial charge in [0.15, 0.2) is 0 Å². The van der Waals surface area contributed by atoms with Gasteiger partial charge in [0, 0.05) is 37.5 Å². The molecule has 3 aromatic rings. The van der Waals surface area contributed by atoms with E-state index in [1.165, 1.54) is 6.07 Å². The molecule has 8 nitrogen and oxygen atoms in total. The molecule has 1 aromatic carbocycles. The summed E-state index contributed by atoms with van der Waals surface area (Å²) in [5.74, 6) is -0.286. The molecule has 0 spiro atoms. The van der Waals surface area contributed by atoms with Crippen LogP contribution in [-0.4, -0.2) is 25.2 Å². The van der Waals surface area contributed by atoms with Crippen molar-refractivity contribution < 1.29 is 4.79 Å². The SMILES string of the molecule is CCn1c(=O)[nH]c2cc(C(=O)NCc3cn(C)nc3C)ccc2c1=O. The molecular weight excluding hydrogens is 322 g/mol. The third-order valence-corrected chi connectivity index (χ3v) is 4.11. The van der Waals surface area contributed by atoms with E-state index in [9.17, 15) is 14.4 Å². The van der Waals surface area contributed by atoms with Gasteiger partial charge in [0.1, 0.15) is 0 Å². The van der Waals surface area contributed by atoms with E-state index in [1.54, 1.807) is 23.7 Å². The molecule has 2 aromatic heterocycles. The Balaban J connectivity index is 1.88. The summed E-state index contributed by atoms with van der Waals surface area (Å²) in [5, 5.41) is 7.42. The number of amides is 1. The van der Waals surface area contributed by atoms with E-state index in [0.29, 0.717) is 23.0 Å². The van der Waals surface area contributed by atoms with Crippen LogP contribution in [0.5, 0.6) is 0 Å². The van der Waals surface area contributed by atoms with Gasteiger partial charge in [-0.3, -0.25) is 18.8 Å². The molecule has 8 heteroatoms. The summed E-state index contributed by atoms with van der Waals surface area (Å²) >= 11 is 0. The summed E-state index contributed by atoms with van der Waals surface area (Å²) in [6.07, 6.45) is 1.85. The van der Waals surface area contributed by atoms with Crippen LogP contribution in [0.2, 0.25) is 0 Å². The number of carbonyl (C=O) groups is 1. The van der Waals surface area contributed by atoms with Gasteiger partial charge in [0.05, 0.1) is 16.6 Å². The smallest absolute Gasteiger partial charge is 0.328 e. The minimum atomic E-state index is -0.483. The minimum absolute atomic E-state index is 0.286. The molecular formula is C17H19N5O3. The zero-order chi connectivity index (χ0) is 18.1. The molecule has 0 aliphatic rings. The lowest BCUT2D eigenvalue weighted by Crippen LogP contribution is -2.34. The van der Waals surface area contributed by atoms with Gasteiger partial charge in [-0.25, -0.2) is 4.79 Å². The lowest BCUT2D eigenvalue weighted by Gasteiger charge is -2.07. The highest BCUT2D eigenvalue weighted by molar-refractivity contribution is 5.97. The first-order valence-corrected chi connectivity index (χ1v) is 7.95. The fourth-order valence-corrected chi connectivity index (χ4v) is 2.78. The van der Waals surface area contributed by atoms with Gasteiger partial charge < -0.3 is 10.3 Å². The second-order valence-corrected chi connectivity index (χ2v) is 5.84. The Bertz CT molecular complexity index is 1070. The van der Waals surface area contributed by atoms with E-state index < -0.39 is 5.69 Å². The normalized spacial score (nSPS) is 11.0. The lowest BCUT2D eigenvalue weighted by atomic mass is 10.1. The Kier molecular flexibility index (Phi) is 4.26. The summed E-state index contributed by atoms with van der Waals surface area (Å²) < 4.78 is 2.81. The van der Waals surface area contributed by atoms with Gasteiger partial charge in [-0.05, 0) is 32.0 Å². The van der Waals surface area contributed by atoms with Crippen molar-refractivity contribution in [3.8, 4) is 0 Å². The van der Waals surface area contributed by atoms with E-state index in [0.717, 1.165) is 15.8 Å². The van der Waals surface area contributed by atoms with Crippen LogP contribution < -0.4 is 16.6 Å². The van der Waals surface area contributed by atoms with Gasteiger partial charge in [-0.15, -0.1) is 0 Å². The number of carbonyl (C=O) groups excluding carboxylic acids is 1. The summed E-state index contributed by atoms with van der Waals surface area (Å²) in [6.45, 7) is 4.24. The molecule has 0 radical (unpaired) electrons. The maximum atomic E-state index is 12.4. The van der Waals surface area contributed by atoms with E-state index in [2.05, 4.69) is 15.4 Å². The molecule has 0 fully saturated rings. The first-order valence-electron chi connectivity index (χ1n) is 7.95. The molecule has 25 heavy (non-hydrogen) atoms. The van der Waals surface area contributed by atoms with Crippen LogP contribution in [0.3, 0.4) is 0 Å². The number of hydrogen-bond donors (Lipinski definition) is 2. The number of H-pyrrole nitrogens is 1. The second kappa shape index (κ2) is 6.39. The highest BCUT2D eigenvalue weighted by Gasteiger charge is 2.11. The number of nitrogens with zero attached hydrogens (tertiary/aromatic N) is 3. The molecule has 0 saturated carbocycles. The van der Waals surface area contributed by atoms with Crippen LogP contribution in [0.4, 0.5) is 0 Å². The zero-order valence-electron chi connectivity index (χ0n) is 14.3. The van der Waals surface area contributed by atoms with Crippen LogP contribution in [0, 0.1) is 6.92 Å². The average Bonchev–Trinajstić information content (AvgIpc) is 2.90. The molecule has 1 amide bonds. The standard InChI is InChI=1S/C17H19N5O3/c1-4-22-16(24)13-6-5-11(7-14(13)19-17(22)25)15(23)18-8-12-9-21(3)20-10(12)2/h5-7,9H,4,8H2,1-3H3,(H,18,23)(H,19,25). The van der Waals surface area contributed by atoms with E-state index in [4.69, 9.17) is 0 Å². The van der Waals surface area contributed by atoms with E-state index in [-0.39, 0.29) is 18.0 Å². The van der Waals surface area contributed by atoms with Crippen molar-refractivity contribution in [3.05, 3.63) is 62.1 Å². The lowest BCUT2D eigenvalue weighted by molar-refractivity contribution is 0.0951. The molecule has 0 bridgehead atoms. The van der Waals surface area contributed by atoms with Gasteiger partial charge in [0.25, 0.3) is 11.5 Å². The number of fused-ring (bicyclic) bond motifs is 1. The average molecular weight is 341 g/mol. The van der Waals surface area contributed by atoms with Crippen LogP contribution in [0.1, 0.15) is 28.5 Å². The number of nitrogens with one attached hydrogen (secondary N) is 2. The number of hydrogen-bond acceptors (Lipinski definition) is 4. The third-order valence-electron chi connectivity index (χ3n) is 4.11. The van der Waals surface area contributed by atoms with Gasteiger partial charge in [0.2, 0.25) is 0 Å². The number of aromatic amines is 1. The van der Waals surface area contributed by atoms with Crippen LogP contribution in [0.25, 0.3) is 10.9 Å². The van der Waals surface area contributed by atoms with Gasteiger partial charge >= 0.3 is 5.69 Å². The zero-order valence-corrected chi connectivity index (χ0v) is 14.3. The molecule has 0 aliphatic carbocycles.